The van der Waals surface area contributed by atoms with Gasteiger partial charge in [-0.15, -0.1) is 11.3 Å². The second-order valence-electron chi connectivity index (χ2n) is 6.12. The summed E-state index contributed by atoms with van der Waals surface area (Å²) in [6.07, 6.45) is 7.02. The first-order valence-corrected chi connectivity index (χ1v) is 9.19. The Bertz CT molecular complexity index is 544. The highest BCUT2D eigenvalue weighted by molar-refractivity contribution is 7.09. The summed E-state index contributed by atoms with van der Waals surface area (Å²) in [7, 11) is 0. The van der Waals surface area contributed by atoms with Crippen molar-refractivity contribution < 1.29 is 9.84 Å². The number of aliphatic hydroxyl groups is 1. The fraction of sp³-hybridized carbons (Fsp3) is 0.588. The molecule has 2 aromatic heterocycles. The van der Waals surface area contributed by atoms with E-state index in [9.17, 15) is 5.11 Å². The van der Waals surface area contributed by atoms with Crippen molar-refractivity contribution in [3.63, 3.8) is 0 Å². The molecule has 2 aromatic rings. The number of β-amino-alcohol motifs (C(OH)–C–C–N with tert-alkyl or cyclic N) is 1. The molecule has 2 atom stereocenters. The molecule has 3 rings (SSSR count). The third-order valence-corrected chi connectivity index (χ3v) is 5.14. The second kappa shape index (κ2) is 8.59. The van der Waals surface area contributed by atoms with E-state index in [0.29, 0.717) is 25.8 Å². The quantitative estimate of drug-likeness (QED) is 0.805. The number of hydrogen-bond donors (Lipinski definition) is 1. The van der Waals surface area contributed by atoms with E-state index in [-0.39, 0.29) is 0 Å². The standard InChI is InChI=1S/C17H25N3O2S/c21-16(13-22-14-17-6-3-10-23-17)12-19-8-2-1-5-15(19)11-20-9-4-7-18-20/h3-4,6-7,9-10,15-16,21H,1-2,5,8,11-14H2/t15-,16-/m1/s1. The molecule has 0 spiro atoms. The Hall–Kier alpha value is -1.21. The van der Waals surface area contributed by atoms with E-state index in [2.05, 4.69) is 16.1 Å². The zero-order chi connectivity index (χ0) is 15.9. The Morgan fingerprint density at radius 2 is 2.35 bits per heavy atom. The van der Waals surface area contributed by atoms with Gasteiger partial charge in [-0.25, -0.2) is 0 Å². The number of piperidine rings is 1. The van der Waals surface area contributed by atoms with Crippen molar-refractivity contribution in [2.24, 2.45) is 0 Å². The molecule has 0 aliphatic carbocycles. The SMILES string of the molecule is O[C@@H](COCc1cccs1)CN1CCCC[C@@H]1Cn1cccn1. The Kier molecular flexibility index (Phi) is 6.21. The van der Waals surface area contributed by atoms with E-state index in [1.165, 1.54) is 24.1 Å². The number of rotatable bonds is 8. The summed E-state index contributed by atoms with van der Waals surface area (Å²) < 4.78 is 7.63. The smallest absolute Gasteiger partial charge is 0.0900 e. The molecule has 0 saturated carbocycles. The summed E-state index contributed by atoms with van der Waals surface area (Å²) in [6, 6.07) is 6.49. The Morgan fingerprint density at radius 3 is 3.13 bits per heavy atom. The number of aromatic nitrogens is 2. The molecule has 1 saturated heterocycles. The van der Waals surface area contributed by atoms with Crippen molar-refractivity contribution in [1.82, 2.24) is 14.7 Å². The van der Waals surface area contributed by atoms with Crippen molar-refractivity contribution in [3.05, 3.63) is 40.8 Å². The van der Waals surface area contributed by atoms with Crippen LogP contribution in [0.4, 0.5) is 0 Å². The van der Waals surface area contributed by atoms with Crippen molar-refractivity contribution in [3.8, 4) is 0 Å². The minimum atomic E-state index is -0.437. The molecule has 1 aliphatic rings. The lowest BCUT2D eigenvalue weighted by molar-refractivity contribution is -0.00511. The van der Waals surface area contributed by atoms with Crippen molar-refractivity contribution in [2.75, 3.05) is 19.7 Å². The third kappa shape index (κ3) is 5.14. The lowest BCUT2D eigenvalue weighted by atomic mass is 10.0. The molecule has 3 heterocycles. The molecule has 6 heteroatoms. The number of ether oxygens (including phenoxy) is 1. The minimum Gasteiger partial charge on any atom is -0.389 e. The van der Waals surface area contributed by atoms with Gasteiger partial charge in [0.1, 0.15) is 0 Å². The average molecular weight is 335 g/mol. The summed E-state index contributed by atoms with van der Waals surface area (Å²) in [6.45, 7) is 3.61. The van der Waals surface area contributed by atoms with Crippen LogP contribution >= 0.6 is 11.3 Å². The third-order valence-electron chi connectivity index (χ3n) is 4.29. The number of hydrogen-bond acceptors (Lipinski definition) is 5. The van der Waals surface area contributed by atoms with Gasteiger partial charge in [0.15, 0.2) is 0 Å². The van der Waals surface area contributed by atoms with Crippen molar-refractivity contribution in [1.29, 1.82) is 0 Å². The first-order chi connectivity index (χ1) is 11.3. The van der Waals surface area contributed by atoms with Gasteiger partial charge in [0, 0.05) is 29.9 Å². The van der Waals surface area contributed by atoms with Gasteiger partial charge in [-0.3, -0.25) is 9.58 Å². The molecule has 0 amide bonds. The first-order valence-electron chi connectivity index (χ1n) is 8.31. The molecule has 5 nitrogen and oxygen atoms in total. The van der Waals surface area contributed by atoms with Crippen LogP contribution in [0, 0.1) is 0 Å². The second-order valence-corrected chi connectivity index (χ2v) is 7.15. The molecule has 0 bridgehead atoms. The van der Waals surface area contributed by atoms with Crippen LogP contribution in [0.25, 0.3) is 0 Å². The average Bonchev–Trinajstić information content (AvgIpc) is 3.23. The number of thiophene rings is 1. The summed E-state index contributed by atoms with van der Waals surface area (Å²) in [5.41, 5.74) is 0. The highest BCUT2D eigenvalue weighted by atomic mass is 32.1. The van der Waals surface area contributed by atoms with Crippen molar-refractivity contribution in [2.45, 2.75) is 44.6 Å². The van der Waals surface area contributed by atoms with Gasteiger partial charge in [-0.1, -0.05) is 12.5 Å². The largest absolute Gasteiger partial charge is 0.389 e. The van der Waals surface area contributed by atoms with E-state index in [1.807, 2.05) is 34.6 Å². The van der Waals surface area contributed by atoms with Gasteiger partial charge in [-0.05, 0) is 36.9 Å². The molecule has 1 N–H and O–H groups in total. The molecule has 0 aromatic carbocycles. The van der Waals surface area contributed by atoms with E-state index < -0.39 is 6.10 Å². The fourth-order valence-electron chi connectivity index (χ4n) is 3.15. The molecule has 1 fully saturated rings. The lowest BCUT2D eigenvalue weighted by Crippen LogP contribution is -2.46. The van der Waals surface area contributed by atoms with Gasteiger partial charge < -0.3 is 9.84 Å². The van der Waals surface area contributed by atoms with Gasteiger partial charge in [0.2, 0.25) is 0 Å². The number of aliphatic hydroxyl groups excluding tert-OH is 1. The van der Waals surface area contributed by atoms with Gasteiger partial charge >= 0.3 is 0 Å². The predicted octanol–water partition coefficient (Wildman–Crippen LogP) is 2.38. The Morgan fingerprint density at radius 1 is 1.39 bits per heavy atom. The summed E-state index contributed by atoms with van der Waals surface area (Å²) in [5.74, 6) is 0. The van der Waals surface area contributed by atoms with Crippen LogP contribution in [0.5, 0.6) is 0 Å². The number of likely N-dealkylation sites (tertiary alicyclic amines) is 1. The van der Waals surface area contributed by atoms with E-state index >= 15 is 0 Å². The molecular weight excluding hydrogens is 310 g/mol. The van der Waals surface area contributed by atoms with Crippen LogP contribution in [-0.4, -0.2) is 51.6 Å². The van der Waals surface area contributed by atoms with Crippen LogP contribution in [0.2, 0.25) is 0 Å². The van der Waals surface area contributed by atoms with Crippen LogP contribution in [0.1, 0.15) is 24.1 Å². The number of nitrogens with zero attached hydrogens (tertiary/aromatic N) is 3. The first kappa shape index (κ1) is 16.6. The highest BCUT2D eigenvalue weighted by Crippen LogP contribution is 2.19. The topological polar surface area (TPSA) is 50.5 Å². The minimum absolute atomic E-state index is 0.392. The summed E-state index contributed by atoms with van der Waals surface area (Å²) in [5, 5.41) is 16.6. The maximum atomic E-state index is 10.3. The monoisotopic (exact) mass is 335 g/mol. The molecule has 0 radical (unpaired) electrons. The Labute approximate surface area is 141 Å². The maximum absolute atomic E-state index is 10.3. The van der Waals surface area contributed by atoms with E-state index in [1.54, 1.807) is 11.3 Å². The molecular formula is C17H25N3O2S. The molecule has 23 heavy (non-hydrogen) atoms. The summed E-state index contributed by atoms with van der Waals surface area (Å²) >= 11 is 1.69. The van der Waals surface area contributed by atoms with Gasteiger partial charge in [0.05, 0.1) is 25.9 Å². The van der Waals surface area contributed by atoms with Crippen LogP contribution in [-0.2, 0) is 17.9 Å². The highest BCUT2D eigenvalue weighted by Gasteiger charge is 2.24. The zero-order valence-electron chi connectivity index (χ0n) is 13.4. The van der Waals surface area contributed by atoms with Gasteiger partial charge in [-0.2, -0.15) is 5.10 Å². The zero-order valence-corrected chi connectivity index (χ0v) is 14.2. The molecule has 126 valence electrons. The van der Waals surface area contributed by atoms with E-state index in [4.69, 9.17) is 4.74 Å². The Balaban J connectivity index is 1.44. The fourth-order valence-corrected chi connectivity index (χ4v) is 3.79. The lowest BCUT2D eigenvalue weighted by Gasteiger charge is -2.36. The summed E-state index contributed by atoms with van der Waals surface area (Å²) in [4.78, 5) is 3.59. The maximum Gasteiger partial charge on any atom is 0.0900 e. The molecule has 0 unspecified atom stereocenters. The van der Waals surface area contributed by atoms with E-state index in [0.717, 1.165) is 13.1 Å². The van der Waals surface area contributed by atoms with Gasteiger partial charge in [0.25, 0.3) is 0 Å². The van der Waals surface area contributed by atoms with Crippen LogP contribution in [0.3, 0.4) is 0 Å². The van der Waals surface area contributed by atoms with Crippen LogP contribution in [0.15, 0.2) is 36.0 Å². The molecule has 1 aliphatic heterocycles. The predicted molar refractivity (Wildman–Crippen MR) is 91.4 cm³/mol. The normalized spacial score (nSPS) is 20.7. The van der Waals surface area contributed by atoms with Crippen LogP contribution < -0.4 is 0 Å². The van der Waals surface area contributed by atoms with Crippen molar-refractivity contribution >= 4 is 11.3 Å².